The van der Waals surface area contributed by atoms with Crippen molar-refractivity contribution in [2.75, 3.05) is 13.1 Å². The van der Waals surface area contributed by atoms with Crippen molar-refractivity contribution in [3.63, 3.8) is 0 Å². The first kappa shape index (κ1) is 11.5. The fourth-order valence-electron chi connectivity index (χ4n) is 1.77. The van der Waals surface area contributed by atoms with Crippen molar-refractivity contribution in [2.24, 2.45) is 11.1 Å². The normalized spacial score (nSPS) is 23.7. The molecule has 3 heteroatoms. The van der Waals surface area contributed by atoms with Gasteiger partial charge in [-0.25, -0.2) is 0 Å². The number of amides is 1. The van der Waals surface area contributed by atoms with E-state index in [-0.39, 0.29) is 17.4 Å². The van der Waals surface area contributed by atoms with Gasteiger partial charge in [-0.1, -0.05) is 20.8 Å². The summed E-state index contributed by atoms with van der Waals surface area (Å²) < 4.78 is 0. The van der Waals surface area contributed by atoms with Crippen LogP contribution in [0.5, 0.6) is 0 Å². The van der Waals surface area contributed by atoms with Crippen LogP contribution in [-0.2, 0) is 4.79 Å². The fourth-order valence-corrected chi connectivity index (χ4v) is 1.77. The molecule has 14 heavy (non-hydrogen) atoms. The first-order valence-corrected chi connectivity index (χ1v) is 5.52. The molecule has 0 saturated carbocycles. The summed E-state index contributed by atoms with van der Waals surface area (Å²) in [6, 6.07) is 0.181. The quantitative estimate of drug-likeness (QED) is 0.728. The third kappa shape index (κ3) is 2.47. The monoisotopic (exact) mass is 198 g/mol. The summed E-state index contributed by atoms with van der Waals surface area (Å²) in [6.07, 6.45) is 2.99. The van der Waals surface area contributed by atoms with Crippen LogP contribution in [0.4, 0.5) is 0 Å². The standard InChI is InChI=1S/C11H22N2O/c1-4-11(2,3)10(14)13-7-5-6-9(12)8-13/h9H,4-8,12H2,1-3H3. The number of likely N-dealkylation sites (tertiary alicyclic amines) is 1. The van der Waals surface area contributed by atoms with E-state index in [4.69, 9.17) is 5.73 Å². The minimum atomic E-state index is -0.225. The molecular weight excluding hydrogens is 176 g/mol. The lowest BCUT2D eigenvalue weighted by molar-refractivity contribution is -0.141. The van der Waals surface area contributed by atoms with Gasteiger partial charge in [-0.3, -0.25) is 4.79 Å². The molecule has 1 saturated heterocycles. The van der Waals surface area contributed by atoms with Crippen LogP contribution in [0, 0.1) is 5.41 Å². The average Bonchev–Trinajstić information content (AvgIpc) is 2.16. The highest BCUT2D eigenvalue weighted by Gasteiger charge is 2.32. The van der Waals surface area contributed by atoms with E-state index in [0.29, 0.717) is 0 Å². The molecule has 1 amide bonds. The van der Waals surface area contributed by atoms with Gasteiger partial charge in [0, 0.05) is 24.5 Å². The first-order chi connectivity index (χ1) is 6.47. The molecule has 0 aromatic carbocycles. The molecule has 2 N–H and O–H groups in total. The van der Waals surface area contributed by atoms with Gasteiger partial charge in [0.15, 0.2) is 0 Å². The highest BCUT2D eigenvalue weighted by molar-refractivity contribution is 5.82. The van der Waals surface area contributed by atoms with Gasteiger partial charge >= 0.3 is 0 Å². The lowest BCUT2D eigenvalue weighted by Crippen LogP contribution is -2.49. The molecule has 0 aromatic rings. The minimum Gasteiger partial charge on any atom is -0.341 e. The van der Waals surface area contributed by atoms with E-state index < -0.39 is 0 Å². The maximum absolute atomic E-state index is 12.1. The predicted molar refractivity (Wildman–Crippen MR) is 57.9 cm³/mol. The highest BCUT2D eigenvalue weighted by atomic mass is 16.2. The van der Waals surface area contributed by atoms with Crippen LogP contribution < -0.4 is 5.73 Å². The second-order valence-corrected chi connectivity index (χ2v) is 4.89. The largest absolute Gasteiger partial charge is 0.341 e. The lowest BCUT2D eigenvalue weighted by Gasteiger charge is -2.36. The van der Waals surface area contributed by atoms with Crippen molar-refractivity contribution >= 4 is 5.91 Å². The molecule has 1 rings (SSSR count). The van der Waals surface area contributed by atoms with E-state index in [1.807, 2.05) is 18.7 Å². The van der Waals surface area contributed by atoms with Gasteiger partial charge < -0.3 is 10.6 Å². The number of rotatable bonds is 2. The van der Waals surface area contributed by atoms with Crippen LogP contribution in [0.3, 0.4) is 0 Å². The molecule has 0 bridgehead atoms. The molecule has 1 atom stereocenters. The molecule has 1 fully saturated rings. The summed E-state index contributed by atoms with van der Waals surface area (Å²) in [7, 11) is 0. The number of piperidine rings is 1. The van der Waals surface area contributed by atoms with Gasteiger partial charge in [-0.2, -0.15) is 0 Å². The Kier molecular flexibility index (Phi) is 3.53. The number of nitrogens with zero attached hydrogens (tertiary/aromatic N) is 1. The van der Waals surface area contributed by atoms with Gasteiger partial charge in [-0.15, -0.1) is 0 Å². The predicted octanol–water partition coefficient (Wildman–Crippen LogP) is 1.37. The SMILES string of the molecule is CCC(C)(C)C(=O)N1CCCC(N)C1. The van der Waals surface area contributed by atoms with E-state index in [2.05, 4.69) is 6.92 Å². The smallest absolute Gasteiger partial charge is 0.228 e. The number of hydrogen-bond acceptors (Lipinski definition) is 2. The third-order valence-corrected chi connectivity index (χ3v) is 3.21. The Labute approximate surface area is 86.6 Å². The van der Waals surface area contributed by atoms with Crippen LogP contribution in [0.25, 0.3) is 0 Å². The van der Waals surface area contributed by atoms with Crippen LogP contribution in [0.2, 0.25) is 0 Å². The summed E-state index contributed by atoms with van der Waals surface area (Å²) in [6.45, 7) is 7.70. The highest BCUT2D eigenvalue weighted by Crippen LogP contribution is 2.24. The van der Waals surface area contributed by atoms with Gasteiger partial charge in [0.25, 0.3) is 0 Å². The molecule has 1 aliphatic heterocycles. The molecule has 82 valence electrons. The minimum absolute atomic E-state index is 0.181. The number of nitrogens with two attached hydrogens (primary N) is 1. The molecule has 0 radical (unpaired) electrons. The number of carbonyl (C=O) groups excluding carboxylic acids is 1. The molecular formula is C11H22N2O. The van der Waals surface area contributed by atoms with Crippen LogP contribution in [0.1, 0.15) is 40.0 Å². The molecule has 1 aliphatic rings. The van der Waals surface area contributed by atoms with Crippen molar-refractivity contribution in [1.29, 1.82) is 0 Å². The van der Waals surface area contributed by atoms with Crippen LogP contribution in [-0.4, -0.2) is 29.9 Å². The zero-order chi connectivity index (χ0) is 10.8. The van der Waals surface area contributed by atoms with Gasteiger partial charge in [0.1, 0.15) is 0 Å². The fraction of sp³-hybridized carbons (Fsp3) is 0.909. The maximum Gasteiger partial charge on any atom is 0.228 e. The van der Waals surface area contributed by atoms with E-state index >= 15 is 0 Å². The Balaban J connectivity index is 2.60. The van der Waals surface area contributed by atoms with E-state index in [9.17, 15) is 4.79 Å². The summed E-state index contributed by atoms with van der Waals surface area (Å²) >= 11 is 0. The Morgan fingerprint density at radius 1 is 1.57 bits per heavy atom. The summed E-state index contributed by atoms with van der Waals surface area (Å²) in [5.74, 6) is 0.259. The van der Waals surface area contributed by atoms with Crippen LogP contribution >= 0.6 is 0 Å². The van der Waals surface area contributed by atoms with Crippen LogP contribution in [0.15, 0.2) is 0 Å². The topological polar surface area (TPSA) is 46.3 Å². The second kappa shape index (κ2) is 4.30. The lowest BCUT2D eigenvalue weighted by atomic mass is 9.87. The molecule has 0 aliphatic carbocycles. The molecule has 0 spiro atoms. The van der Waals surface area contributed by atoms with Crippen molar-refractivity contribution in [2.45, 2.75) is 46.1 Å². The Hall–Kier alpha value is -0.570. The summed E-state index contributed by atoms with van der Waals surface area (Å²) in [5, 5.41) is 0. The third-order valence-electron chi connectivity index (χ3n) is 3.21. The van der Waals surface area contributed by atoms with Crippen molar-refractivity contribution in [1.82, 2.24) is 4.90 Å². The van der Waals surface area contributed by atoms with Gasteiger partial charge in [0.05, 0.1) is 0 Å². The Bertz CT molecular complexity index is 213. The van der Waals surface area contributed by atoms with Crippen molar-refractivity contribution in [3.8, 4) is 0 Å². The zero-order valence-corrected chi connectivity index (χ0v) is 9.55. The Morgan fingerprint density at radius 3 is 2.71 bits per heavy atom. The zero-order valence-electron chi connectivity index (χ0n) is 9.55. The van der Waals surface area contributed by atoms with E-state index in [1.165, 1.54) is 0 Å². The second-order valence-electron chi connectivity index (χ2n) is 4.89. The number of hydrogen-bond donors (Lipinski definition) is 1. The van der Waals surface area contributed by atoms with Gasteiger partial charge in [-0.05, 0) is 19.3 Å². The summed E-state index contributed by atoms with van der Waals surface area (Å²) in [5.41, 5.74) is 5.63. The van der Waals surface area contributed by atoms with E-state index in [1.54, 1.807) is 0 Å². The van der Waals surface area contributed by atoms with E-state index in [0.717, 1.165) is 32.4 Å². The maximum atomic E-state index is 12.1. The van der Waals surface area contributed by atoms with Crippen molar-refractivity contribution in [3.05, 3.63) is 0 Å². The molecule has 3 nitrogen and oxygen atoms in total. The van der Waals surface area contributed by atoms with Gasteiger partial charge in [0.2, 0.25) is 5.91 Å². The summed E-state index contributed by atoms with van der Waals surface area (Å²) in [4.78, 5) is 14.0. The molecule has 0 aromatic heterocycles. The Morgan fingerprint density at radius 2 is 2.21 bits per heavy atom. The first-order valence-electron chi connectivity index (χ1n) is 5.52. The van der Waals surface area contributed by atoms with Crippen molar-refractivity contribution < 1.29 is 4.79 Å². The average molecular weight is 198 g/mol. The number of carbonyl (C=O) groups is 1. The molecule has 1 heterocycles. The molecule has 1 unspecified atom stereocenters.